The van der Waals surface area contributed by atoms with Crippen LogP contribution in [0.2, 0.25) is 5.02 Å². The number of anilines is 1. The fourth-order valence-corrected chi connectivity index (χ4v) is 2.97. The van der Waals surface area contributed by atoms with Gasteiger partial charge in [0.15, 0.2) is 0 Å². The van der Waals surface area contributed by atoms with Gasteiger partial charge in [0.2, 0.25) is 17.0 Å². The van der Waals surface area contributed by atoms with Crippen LogP contribution in [0.15, 0.2) is 53.7 Å². The van der Waals surface area contributed by atoms with Crippen LogP contribution < -0.4 is 5.32 Å². The number of hydrogen-bond donors (Lipinski definition) is 2. The fraction of sp³-hybridized carbons (Fsp3) is 0.118. The lowest BCUT2D eigenvalue weighted by molar-refractivity contribution is -0.115. The number of carbonyl (C=O) groups is 1. The number of halogens is 2. The van der Waals surface area contributed by atoms with Crippen LogP contribution in [0.5, 0.6) is 0 Å². The number of amides is 1. The average Bonchev–Trinajstić information content (AvgIpc) is 3.04. The minimum Gasteiger partial charge on any atom is -0.295 e. The Bertz CT molecular complexity index is 869. The summed E-state index contributed by atoms with van der Waals surface area (Å²) >= 11 is 7.27. The number of benzene rings is 2. The number of hydrogen-bond acceptors (Lipinski definition) is 4. The normalized spacial score (nSPS) is 10.6. The highest BCUT2D eigenvalue weighted by atomic mass is 35.5. The Balaban J connectivity index is 1.53. The van der Waals surface area contributed by atoms with Crippen LogP contribution in [0.4, 0.5) is 10.3 Å². The van der Waals surface area contributed by atoms with E-state index < -0.39 is 5.82 Å². The molecule has 0 unspecified atom stereocenters. The Morgan fingerprint density at radius 3 is 2.72 bits per heavy atom. The van der Waals surface area contributed by atoms with Gasteiger partial charge in [0.1, 0.15) is 5.82 Å². The molecular formula is C17H14ClFN4OS. The fourth-order valence-electron chi connectivity index (χ4n) is 2.09. The summed E-state index contributed by atoms with van der Waals surface area (Å²) in [7, 11) is 0. The maximum Gasteiger partial charge on any atom is 0.231 e. The van der Waals surface area contributed by atoms with E-state index in [0.717, 1.165) is 5.56 Å². The zero-order chi connectivity index (χ0) is 17.6. The summed E-state index contributed by atoms with van der Waals surface area (Å²) in [4.78, 5) is 16.2. The molecule has 0 aliphatic carbocycles. The van der Waals surface area contributed by atoms with E-state index in [-0.39, 0.29) is 18.3 Å². The van der Waals surface area contributed by atoms with Crippen molar-refractivity contribution < 1.29 is 9.18 Å². The molecule has 5 nitrogen and oxygen atoms in total. The van der Waals surface area contributed by atoms with Gasteiger partial charge in [-0.1, -0.05) is 53.7 Å². The summed E-state index contributed by atoms with van der Waals surface area (Å²) in [5.41, 5.74) is 1.42. The molecule has 0 fully saturated rings. The SMILES string of the molecule is O=C(Cc1ccccc1F)Nc1nc(SCc2ccc(Cl)cc2)n[nH]1. The van der Waals surface area contributed by atoms with E-state index in [4.69, 9.17) is 11.6 Å². The van der Waals surface area contributed by atoms with Crippen molar-refractivity contribution in [2.45, 2.75) is 17.3 Å². The van der Waals surface area contributed by atoms with E-state index in [1.165, 1.54) is 17.8 Å². The van der Waals surface area contributed by atoms with Crippen molar-refractivity contribution in [3.63, 3.8) is 0 Å². The molecule has 2 aromatic carbocycles. The molecule has 0 spiro atoms. The van der Waals surface area contributed by atoms with Crippen molar-refractivity contribution in [3.8, 4) is 0 Å². The van der Waals surface area contributed by atoms with E-state index in [0.29, 0.717) is 21.5 Å². The quantitative estimate of drug-likeness (QED) is 0.636. The first-order valence-corrected chi connectivity index (χ1v) is 8.79. The van der Waals surface area contributed by atoms with Crippen molar-refractivity contribution in [1.82, 2.24) is 15.2 Å². The molecule has 0 saturated carbocycles. The molecular weight excluding hydrogens is 363 g/mol. The Kier molecular flexibility index (Phi) is 5.67. The highest BCUT2D eigenvalue weighted by Crippen LogP contribution is 2.21. The molecule has 25 heavy (non-hydrogen) atoms. The van der Waals surface area contributed by atoms with Crippen LogP contribution in [0.1, 0.15) is 11.1 Å². The van der Waals surface area contributed by atoms with Crippen molar-refractivity contribution in [2.75, 3.05) is 5.32 Å². The smallest absolute Gasteiger partial charge is 0.231 e. The molecule has 8 heteroatoms. The standard InChI is InChI=1S/C17H14ClFN4OS/c18-13-7-5-11(6-8-13)10-25-17-21-16(22-23-17)20-15(24)9-12-3-1-2-4-14(12)19/h1-8H,9-10H2,(H2,20,21,22,23,24). The predicted molar refractivity (Wildman–Crippen MR) is 96.1 cm³/mol. The number of nitrogens with zero attached hydrogens (tertiary/aromatic N) is 2. The summed E-state index contributed by atoms with van der Waals surface area (Å²) in [6, 6.07) is 13.7. The van der Waals surface area contributed by atoms with Crippen LogP contribution >= 0.6 is 23.4 Å². The number of H-pyrrole nitrogens is 1. The third kappa shape index (κ3) is 5.04. The second-order valence-corrected chi connectivity index (χ2v) is 6.58. The second kappa shape index (κ2) is 8.13. The molecule has 0 radical (unpaired) electrons. The third-order valence-corrected chi connectivity index (χ3v) is 4.48. The zero-order valence-electron chi connectivity index (χ0n) is 13.0. The van der Waals surface area contributed by atoms with Crippen LogP contribution in [0, 0.1) is 5.82 Å². The number of thioether (sulfide) groups is 1. The Morgan fingerprint density at radius 1 is 1.20 bits per heavy atom. The van der Waals surface area contributed by atoms with Gasteiger partial charge in [-0.25, -0.2) is 9.49 Å². The summed E-state index contributed by atoms with van der Waals surface area (Å²) in [5.74, 6) is 0.141. The molecule has 0 aliphatic rings. The van der Waals surface area contributed by atoms with Gasteiger partial charge in [-0.2, -0.15) is 4.98 Å². The molecule has 1 heterocycles. The number of aromatic nitrogens is 3. The summed E-state index contributed by atoms with van der Waals surface area (Å²) < 4.78 is 13.6. The molecule has 3 aromatic rings. The van der Waals surface area contributed by atoms with Gasteiger partial charge in [-0.05, 0) is 29.3 Å². The Labute approximate surface area is 153 Å². The van der Waals surface area contributed by atoms with Crippen molar-refractivity contribution in [1.29, 1.82) is 0 Å². The van der Waals surface area contributed by atoms with E-state index in [2.05, 4.69) is 20.5 Å². The maximum absolute atomic E-state index is 13.6. The number of nitrogens with one attached hydrogen (secondary N) is 2. The van der Waals surface area contributed by atoms with Crippen molar-refractivity contribution in [3.05, 3.63) is 70.5 Å². The van der Waals surface area contributed by atoms with E-state index in [1.54, 1.807) is 18.2 Å². The first kappa shape index (κ1) is 17.4. The van der Waals surface area contributed by atoms with Gasteiger partial charge >= 0.3 is 0 Å². The minimum atomic E-state index is -0.408. The number of rotatable bonds is 6. The van der Waals surface area contributed by atoms with Gasteiger partial charge in [0.05, 0.1) is 6.42 Å². The van der Waals surface area contributed by atoms with E-state index >= 15 is 0 Å². The summed E-state index contributed by atoms with van der Waals surface area (Å²) in [6.45, 7) is 0. The second-order valence-electron chi connectivity index (χ2n) is 5.20. The predicted octanol–water partition coefficient (Wildman–Crippen LogP) is 4.07. The lowest BCUT2D eigenvalue weighted by Crippen LogP contribution is -2.16. The van der Waals surface area contributed by atoms with Gasteiger partial charge in [-0.15, -0.1) is 5.10 Å². The van der Waals surface area contributed by atoms with Gasteiger partial charge < -0.3 is 0 Å². The Hall–Kier alpha value is -2.38. The first-order valence-electron chi connectivity index (χ1n) is 7.43. The van der Waals surface area contributed by atoms with Crippen LogP contribution in [0.25, 0.3) is 0 Å². The van der Waals surface area contributed by atoms with E-state index in [9.17, 15) is 9.18 Å². The lowest BCUT2D eigenvalue weighted by atomic mass is 10.1. The van der Waals surface area contributed by atoms with Crippen LogP contribution in [-0.2, 0) is 17.0 Å². The monoisotopic (exact) mass is 376 g/mol. The molecule has 0 saturated heterocycles. The Morgan fingerprint density at radius 2 is 1.96 bits per heavy atom. The molecule has 0 aliphatic heterocycles. The molecule has 1 amide bonds. The first-order chi connectivity index (χ1) is 12.1. The molecule has 128 valence electrons. The third-order valence-electron chi connectivity index (χ3n) is 3.31. The molecule has 0 atom stereocenters. The lowest BCUT2D eigenvalue weighted by Gasteiger charge is -2.02. The summed E-state index contributed by atoms with van der Waals surface area (Å²) in [5, 5.41) is 10.5. The van der Waals surface area contributed by atoms with Crippen molar-refractivity contribution >= 4 is 35.2 Å². The minimum absolute atomic E-state index is 0.0688. The molecule has 3 rings (SSSR count). The van der Waals surface area contributed by atoms with Crippen molar-refractivity contribution in [2.24, 2.45) is 0 Å². The largest absolute Gasteiger partial charge is 0.295 e. The van der Waals surface area contributed by atoms with Gasteiger partial charge in [-0.3, -0.25) is 10.1 Å². The molecule has 0 bridgehead atoms. The highest BCUT2D eigenvalue weighted by Gasteiger charge is 2.11. The average molecular weight is 377 g/mol. The maximum atomic E-state index is 13.6. The number of aromatic amines is 1. The topological polar surface area (TPSA) is 70.7 Å². The van der Waals surface area contributed by atoms with Crippen LogP contribution in [0.3, 0.4) is 0 Å². The van der Waals surface area contributed by atoms with Gasteiger partial charge in [0.25, 0.3) is 0 Å². The zero-order valence-corrected chi connectivity index (χ0v) is 14.6. The molecule has 1 aromatic heterocycles. The highest BCUT2D eigenvalue weighted by molar-refractivity contribution is 7.98. The van der Waals surface area contributed by atoms with E-state index in [1.807, 2.05) is 24.3 Å². The van der Waals surface area contributed by atoms with Crippen LogP contribution in [-0.4, -0.2) is 21.1 Å². The number of carbonyl (C=O) groups excluding carboxylic acids is 1. The summed E-state index contributed by atoms with van der Waals surface area (Å²) in [6.07, 6.45) is -0.0688. The van der Waals surface area contributed by atoms with Gasteiger partial charge in [0, 0.05) is 10.8 Å². The molecule has 2 N–H and O–H groups in total.